The number of hydrogen-bond donors (Lipinski definition) is 2. The van der Waals surface area contributed by atoms with Crippen molar-refractivity contribution in [1.82, 2.24) is 10.2 Å². The van der Waals surface area contributed by atoms with Gasteiger partial charge in [-0.15, -0.1) is 0 Å². The Bertz CT molecular complexity index is 168. The van der Waals surface area contributed by atoms with E-state index in [1.807, 2.05) is 6.92 Å². The van der Waals surface area contributed by atoms with Crippen molar-refractivity contribution in [1.29, 1.82) is 0 Å². The van der Waals surface area contributed by atoms with Gasteiger partial charge in [-0.1, -0.05) is 0 Å². The fraction of sp³-hybridized carbons (Fsp3) is 0.400. The normalized spacial score (nSPS) is 9.75. The summed E-state index contributed by atoms with van der Waals surface area (Å²) in [6.07, 6.45) is 1.75. The van der Waals surface area contributed by atoms with Crippen LogP contribution in [0.4, 0.5) is 0 Å². The number of nitrogens with zero attached hydrogens (tertiary/aromatic N) is 1. The number of aromatic nitrogens is 2. The lowest BCUT2D eigenvalue weighted by molar-refractivity contribution is 1.02. The molecule has 0 amide bonds. The standard InChI is InChI=1S/C5H9N3/c1-4-5(2-6)3-7-8-4/h3H,2,6H2,1H3,(H,7,8). The smallest absolute Gasteiger partial charge is 0.0534 e. The average Bonchev–Trinajstić information content (AvgIpc) is 2.14. The van der Waals surface area contributed by atoms with Crippen molar-refractivity contribution in [2.45, 2.75) is 13.5 Å². The summed E-state index contributed by atoms with van der Waals surface area (Å²) in [6.45, 7) is 2.53. The number of nitrogens with one attached hydrogen (secondary N) is 1. The Morgan fingerprint density at radius 3 is 2.88 bits per heavy atom. The Hall–Kier alpha value is -0.830. The largest absolute Gasteiger partial charge is 0.326 e. The van der Waals surface area contributed by atoms with E-state index in [2.05, 4.69) is 10.2 Å². The molecular formula is C5H9N3. The fourth-order valence-electron chi connectivity index (χ4n) is 0.581. The van der Waals surface area contributed by atoms with Crippen LogP contribution >= 0.6 is 0 Å². The molecular weight excluding hydrogens is 102 g/mol. The Morgan fingerprint density at radius 1 is 1.88 bits per heavy atom. The molecule has 0 fully saturated rings. The maximum Gasteiger partial charge on any atom is 0.0534 e. The van der Waals surface area contributed by atoms with Crippen LogP contribution < -0.4 is 5.73 Å². The summed E-state index contributed by atoms with van der Waals surface area (Å²) in [4.78, 5) is 0. The van der Waals surface area contributed by atoms with E-state index in [0.717, 1.165) is 11.3 Å². The minimum atomic E-state index is 0.572. The third-order valence-corrected chi connectivity index (χ3v) is 1.15. The van der Waals surface area contributed by atoms with Crippen LogP contribution in [0.15, 0.2) is 6.20 Å². The summed E-state index contributed by atoms with van der Waals surface area (Å²) in [5.41, 5.74) is 7.49. The second kappa shape index (κ2) is 1.96. The zero-order chi connectivity index (χ0) is 5.98. The van der Waals surface area contributed by atoms with E-state index in [0.29, 0.717) is 6.54 Å². The molecule has 0 unspecified atom stereocenters. The molecule has 1 aromatic rings. The van der Waals surface area contributed by atoms with Gasteiger partial charge in [-0.25, -0.2) is 0 Å². The Balaban J connectivity index is 2.92. The van der Waals surface area contributed by atoms with Crippen molar-refractivity contribution in [3.63, 3.8) is 0 Å². The zero-order valence-electron chi connectivity index (χ0n) is 4.81. The van der Waals surface area contributed by atoms with E-state index in [1.54, 1.807) is 6.20 Å². The van der Waals surface area contributed by atoms with Crippen LogP contribution in [0.3, 0.4) is 0 Å². The molecule has 0 saturated heterocycles. The van der Waals surface area contributed by atoms with Crippen LogP contribution in [-0.4, -0.2) is 10.2 Å². The number of rotatable bonds is 1. The predicted octanol–water partition coefficient (Wildman–Crippen LogP) is 0.177. The van der Waals surface area contributed by atoms with Crippen LogP contribution in [0.25, 0.3) is 0 Å². The Morgan fingerprint density at radius 2 is 2.62 bits per heavy atom. The molecule has 0 spiro atoms. The molecule has 0 radical (unpaired) electrons. The van der Waals surface area contributed by atoms with Gasteiger partial charge >= 0.3 is 0 Å². The minimum Gasteiger partial charge on any atom is -0.326 e. The molecule has 1 rings (SSSR count). The molecule has 1 aromatic heterocycles. The zero-order valence-corrected chi connectivity index (χ0v) is 4.81. The molecule has 0 bridgehead atoms. The van der Waals surface area contributed by atoms with Crippen molar-refractivity contribution < 1.29 is 0 Å². The molecule has 3 heteroatoms. The first-order valence-corrected chi connectivity index (χ1v) is 2.53. The molecule has 0 aliphatic heterocycles. The van der Waals surface area contributed by atoms with Crippen LogP contribution in [0.5, 0.6) is 0 Å². The maximum atomic E-state index is 5.34. The summed E-state index contributed by atoms with van der Waals surface area (Å²) in [6, 6.07) is 0. The van der Waals surface area contributed by atoms with Gasteiger partial charge in [0, 0.05) is 17.8 Å². The van der Waals surface area contributed by atoms with E-state index in [4.69, 9.17) is 5.73 Å². The fourth-order valence-corrected chi connectivity index (χ4v) is 0.581. The van der Waals surface area contributed by atoms with E-state index in [-0.39, 0.29) is 0 Å². The van der Waals surface area contributed by atoms with Gasteiger partial charge in [-0.3, -0.25) is 5.10 Å². The van der Waals surface area contributed by atoms with Crippen LogP contribution in [0.2, 0.25) is 0 Å². The van der Waals surface area contributed by atoms with Gasteiger partial charge in [0.05, 0.1) is 6.20 Å². The lowest BCUT2D eigenvalue weighted by atomic mass is 10.3. The third kappa shape index (κ3) is 0.721. The number of aromatic amines is 1. The summed E-state index contributed by atoms with van der Waals surface area (Å²) in [5, 5.41) is 6.58. The van der Waals surface area contributed by atoms with Gasteiger partial charge < -0.3 is 5.73 Å². The highest BCUT2D eigenvalue weighted by Gasteiger charge is 1.93. The Kier molecular flexibility index (Phi) is 1.30. The summed E-state index contributed by atoms with van der Waals surface area (Å²) >= 11 is 0. The minimum absolute atomic E-state index is 0.572. The van der Waals surface area contributed by atoms with Gasteiger partial charge in [0.1, 0.15) is 0 Å². The van der Waals surface area contributed by atoms with Crippen molar-refractivity contribution in [2.24, 2.45) is 5.73 Å². The number of hydrogen-bond acceptors (Lipinski definition) is 2. The first-order chi connectivity index (χ1) is 3.84. The van der Waals surface area contributed by atoms with Gasteiger partial charge in [0.15, 0.2) is 0 Å². The number of aryl methyl sites for hydroxylation is 1. The van der Waals surface area contributed by atoms with Crippen LogP contribution in [-0.2, 0) is 6.54 Å². The summed E-state index contributed by atoms with van der Waals surface area (Å²) in [7, 11) is 0. The van der Waals surface area contributed by atoms with Crippen molar-refractivity contribution in [2.75, 3.05) is 0 Å². The third-order valence-electron chi connectivity index (χ3n) is 1.15. The summed E-state index contributed by atoms with van der Waals surface area (Å²) in [5.74, 6) is 0. The quantitative estimate of drug-likeness (QED) is 0.543. The second-order valence-corrected chi connectivity index (χ2v) is 1.72. The molecule has 1 heterocycles. The van der Waals surface area contributed by atoms with Gasteiger partial charge in [-0.05, 0) is 6.92 Å². The molecule has 0 aromatic carbocycles. The summed E-state index contributed by atoms with van der Waals surface area (Å²) < 4.78 is 0. The first-order valence-electron chi connectivity index (χ1n) is 2.53. The lowest BCUT2D eigenvalue weighted by Gasteiger charge is -1.86. The second-order valence-electron chi connectivity index (χ2n) is 1.72. The van der Waals surface area contributed by atoms with Gasteiger partial charge in [-0.2, -0.15) is 5.10 Å². The monoisotopic (exact) mass is 111 g/mol. The Labute approximate surface area is 47.9 Å². The van der Waals surface area contributed by atoms with E-state index < -0.39 is 0 Å². The highest BCUT2D eigenvalue weighted by atomic mass is 15.1. The van der Waals surface area contributed by atoms with Crippen molar-refractivity contribution in [3.05, 3.63) is 17.5 Å². The molecule has 8 heavy (non-hydrogen) atoms. The molecule has 0 atom stereocenters. The average molecular weight is 111 g/mol. The SMILES string of the molecule is Cc1[nH]ncc1CN. The predicted molar refractivity (Wildman–Crippen MR) is 31.2 cm³/mol. The molecule has 0 saturated carbocycles. The molecule has 0 aliphatic rings. The highest BCUT2D eigenvalue weighted by molar-refractivity contribution is 5.13. The van der Waals surface area contributed by atoms with E-state index in [1.165, 1.54) is 0 Å². The van der Waals surface area contributed by atoms with Gasteiger partial charge in [0.2, 0.25) is 0 Å². The van der Waals surface area contributed by atoms with Crippen LogP contribution in [0, 0.1) is 6.92 Å². The molecule has 44 valence electrons. The van der Waals surface area contributed by atoms with Crippen molar-refractivity contribution in [3.8, 4) is 0 Å². The van der Waals surface area contributed by atoms with Crippen LogP contribution in [0.1, 0.15) is 11.3 Å². The number of nitrogens with two attached hydrogens (primary N) is 1. The van der Waals surface area contributed by atoms with Crippen molar-refractivity contribution >= 4 is 0 Å². The molecule has 3 N–H and O–H groups in total. The molecule has 3 nitrogen and oxygen atoms in total. The molecule has 0 aliphatic carbocycles. The maximum absolute atomic E-state index is 5.34. The lowest BCUT2D eigenvalue weighted by Crippen LogP contribution is -1.95. The first kappa shape index (κ1) is 5.31. The topological polar surface area (TPSA) is 54.7 Å². The van der Waals surface area contributed by atoms with Gasteiger partial charge in [0.25, 0.3) is 0 Å². The number of H-pyrrole nitrogens is 1. The van der Waals surface area contributed by atoms with E-state index in [9.17, 15) is 0 Å². The highest BCUT2D eigenvalue weighted by Crippen LogP contribution is 1.98. The van der Waals surface area contributed by atoms with E-state index >= 15 is 0 Å².